The van der Waals surface area contributed by atoms with Gasteiger partial charge in [0, 0.05) is 25.3 Å². The molecule has 2 atom stereocenters. The Kier molecular flexibility index (Phi) is 6.65. The Morgan fingerprint density at radius 3 is 2.47 bits per heavy atom. The number of fused-ring (bicyclic) bond motifs is 1. The van der Waals surface area contributed by atoms with Crippen LogP contribution < -0.4 is 10.1 Å². The van der Waals surface area contributed by atoms with Gasteiger partial charge in [-0.15, -0.1) is 0 Å². The van der Waals surface area contributed by atoms with Crippen molar-refractivity contribution in [3.05, 3.63) is 65.2 Å². The largest absolute Gasteiger partial charge is 0.479 e. The van der Waals surface area contributed by atoms with Crippen LogP contribution in [0.2, 0.25) is 0 Å². The third-order valence-corrected chi connectivity index (χ3v) is 4.88. The summed E-state index contributed by atoms with van der Waals surface area (Å²) in [7, 11) is 3.01. The number of hydrogen-bond acceptors (Lipinski definition) is 7. The Balaban J connectivity index is 2.19. The van der Waals surface area contributed by atoms with Crippen LogP contribution in [0, 0.1) is 22.8 Å². The molecule has 2 aromatic rings. The quantitative estimate of drug-likeness (QED) is 0.325. The number of aliphatic hydroxyl groups is 1. The van der Waals surface area contributed by atoms with Gasteiger partial charge in [0.1, 0.15) is 23.7 Å². The highest BCUT2D eigenvalue weighted by molar-refractivity contribution is 5.99. The number of aliphatic hydroxyl groups excluding tert-OH is 1. The Morgan fingerprint density at radius 1 is 1.17 bits per heavy atom. The fourth-order valence-corrected chi connectivity index (χ4v) is 3.55. The Hall–Kier alpha value is -3.43. The zero-order valence-corrected chi connectivity index (χ0v) is 16.7. The van der Waals surface area contributed by atoms with Gasteiger partial charge in [0.15, 0.2) is 11.8 Å². The Morgan fingerprint density at radius 2 is 1.87 bits per heavy atom. The van der Waals surface area contributed by atoms with Crippen molar-refractivity contribution in [1.82, 2.24) is 5.32 Å². The van der Waals surface area contributed by atoms with E-state index in [-0.39, 0.29) is 13.2 Å². The number of amidine groups is 1. The number of nitriles is 2. The first-order valence-corrected chi connectivity index (χ1v) is 9.26. The van der Waals surface area contributed by atoms with E-state index < -0.39 is 17.7 Å². The summed E-state index contributed by atoms with van der Waals surface area (Å²) < 4.78 is 16.8. The van der Waals surface area contributed by atoms with Crippen LogP contribution in [0.15, 0.2) is 53.5 Å². The number of nitrogens with zero attached hydrogens (tertiary/aromatic N) is 3. The van der Waals surface area contributed by atoms with Gasteiger partial charge in [0.05, 0.1) is 24.8 Å². The summed E-state index contributed by atoms with van der Waals surface area (Å²) in [6.45, 7) is 0.111. The first-order valence-electron chi connectivity index (χ1n) is 9.26. The lowest BCUT2D eigenvalue weighted by molar-refractivity contribution is -0.144. The fourth-order valence-electron chi connectivity index (χ4n) is 3.55. The van der Waals surface area contributed by atoms with E-state index in [2.05, 4.69) is 16.4 Å². The standard InChI is InChI=1S/C22H22N4O4/c1-28-12-22(13-29-2)20(27)19(17-10-15(11-23)8-9-18(17)30-22)26-21(25-14-24)16-6-4-3-5-7-16/h3-10,19-20,27H,12-13H2,1-2H3,(H,25,26)/t19-,20+/m1/s1. The summed E-state index contributed by atoms with van der Waals surface area (Å²) in [5.74, 6) is 0.757. The third-order valence-electron chi connectivity index (χ3n) is 4.88. The zero-order valence-electron chi connectivity index (χ0n) is 16.7. The molecule has 0 unspecified atom stereocenters. The Bertz CT molecular complexity index is 988. The minimum atomic E-state index is -1.22. The average Bonchev–Trinajstić information content (AvgIpc) is 2.77. The highest BCUT2D eigenvalue weighted by Gasteiger charge is 2.50. The maximum absolute atomic E-state index is 11.3. The maximum atomic E-state index is 11.3. The van der Waals surface area contributed by atoms with Gasteiger partial charge in [-0.05, 0) is 18.2 Å². The van der Waals surface area contributed by atoms with E-state index in [0.717, 1.165) is 0 Å². The van der Waals surface area contributed by atoms with Crippen molar-refractivity contribution >= 4 is 5.84 Å². The van der Waals surface area contributed by atoms with Gasteiger partial charge in [-0.25, -0.2) is 0 Å². The van der Waals surface area contributed by atoms with Gasteiger partial charge >= 0.3 is 0 Å². The molecule has 1 aliphatic rings. The van der Waals surface area contributed by atoms with Crippen LogP contribution >= 0.6 is 0 Å². The second-order valence-corrected chi connectivity index (χ2v) is 6.87. The molecular weight excluding hydrogens is 384 g/mol. The number of aliphatic imine (C=N–C) groups is 1. The molecule has 1 aliphatic heterocycles. The summed E-state index contributed by atoms with van der Waals surface area (Å²) in [6, 6.07) is 15.3. The van der Waals surface area contributed by atoms with Crippen LogP contribution in [-0.2, 0) is 9.47 Å². The molecule has 1 heterocycles. The molecule has 154 valence electrons. The van der Waals surface area contributed by atoms with E-state index in [0.29, 0.717) is 28.3 Å². The van der Waals surface area contributed by atoms with Gasteiger partial charge in [0.25, 0.3) is 0 Å². The van der Waals surface area contributed by atoms with Crippen molar-refractivity contribution in [2.75, 3.05) is 27.4 Å². The van der Waals surface area contributed by atoms with Crippen molar-refractivity contribution in [2.24, 2.45) is 4.99 Å². The van der Waals surface area contributed by atoms with Crippen molar-refractivity contribution in [1.29, 1.82) is 10.5 Å². The molecule has 0 saturated heterocycles. The molecule has 8 heteroatoms. The van der Waals surface area contributed by atoms with E-state index in [4.69, 9.17) is 14.2 Å². The molecule has 0 saturated carbocycles. The predicted molar refractivity (Wildman–Crippen MR) is 109 cm³/mol. The molecule has 2 N–H and O–H groups in total. The highest BCUT2D eigenvalue weighted by Crippen LogP contribution is 2.43. The number of benzene rings is 2. The predicted octanol–water partition coefficient (Wildman–Crippen LogP) is 1.90. The van der Waals surface area contributed by atoms with E-state index in [1.807, 2.05) is 24.4 Å². The van der Waals surface area contributed by atoms with Crippen LogP contribution in [0.25, 0.3) is 0 Å². The van der Waals surface area contributed by atoms with Gasteiger partial charge in [-0.1, -0.05) is 30.3 Å². The first-order chi connectivity index (χ1) is 14.6. The fraction of sp³-hybridized carbons (Fsp3) is 0.318. The van der Waals surface area contributed by atoms with Crippen molar-refractivity contribution in [3.63, 3.8) is 0 Å². The van der Waals surface area contributed by atoms with Crippen LogP contribution in [0.1, 0.15) is 22.7 Å². The van der Waals surface area contributed by atoms with Gasteiger partial charge in [0.2, 0.25) is 0 Å². The Labute approximate surface area is 174 Å². The lowest BCUT2D eigenvalue weighted by Gasteiger charge is -2.44. The smallest absolute Gasteiger partial charge is 0.183 e. The molecule has 0 spiro atoms. The van der Waals surface area contributed by atoms with Crippen LogP contribution in [-0.4, -0.2) is 50.1 Å². The molecule has 0 radical (unpaired) electrons. The van der Waals surface area contributed by atoms with Crippen molar-refractivity contribution < 1.29 is 19.3 Å². The summed E-state index contributed by atoms with van der Waals surface area (Å²) in [6.07, 6.45) is 0.724. The number of rotatable bonds is 6. The van der Waals surface area contributed by atoms with E-state index in [1.165, 1.54) is 14.2 Å². The summed E-state index contributed by atoms with van der Waals surface area (Å²) in [4.78, 5) is 4.69. The highest BCUT2D eigenvalue weighted by atomic mass is 16.6. The van der Waals surface area contributed by atoms with Crippen LogP contribution in [0.5, 0.6) is 5.75 Å². The van der Waals surface area contributed by atoms with Crippen LogP contribution in [0.3, 0.4) is 0 Å². The minimum Gasteiger partial charge on any atom is -0.479 e. The average molecular weight is 406 g/mol. The molecular formula is C22H22N4O4. The lowest BCUT2D eigenvalue weighted by atomic mass is 9.84. The SMILES string of the molecule is COCC1(COC)Oc2ccc(C#N)cc2[C@@H](N=C(NC#N)c2ccccc2)[C@@H]1O. The molecule has 8 nitrogen and oxygen atoms in total. The second kappa shape index (κ2) is 9.38. The second-order valence-electron chi connectivity index (χ2n) is 6.87. The number of methoxy groups -OCH3 is 2. The van der Waals surface area contributed by atoms with Gasteiger partial charge < -0.3 is 19.3 Å². The maximum Gasteiger partial charge on any atom is 0.183 e. The normalized spacial score (nSPS) is 19.7. The molecule has 0 fully saturated rings. The molecule has 30 heavy (non-hydrogen) atoms. The number of ether oxygens (including phenoxy) is 3. The van der Waals surface area contributed by atoms with E-state index in [9.17, 15) is 15.6 Å². The lowest BCUT2D eigenvalue weighted by Crippen LogP contribution is -2.59. The summed E-state index contributed by atoms with van der Waals surface area (Å²) in [5, 5.41) is 32.5. The van der Waals surface area contributed by atoms with E-state index in [1.54, 1.807) is 30.3 Å². The number of nitrogens with one attached hydrogen (secondary N) is 1. The topological polar surface area (TPSA) is 120 Å². The molecule has 2 aromatic carbocycles. The van der Waals surface area contributed by atoms with Gasteiger partial charge in [-0.2, -0.15) is 10.5 Å². The summed E-state index contributed by atoms with van der Waals surface area (Å²) >= 11 is 0. The van der Waals surface area contributed by atoms with Crippen molar-refractivity contribution in [3.8, 4) is 18.0 Å². The first kappa shape index (κ1) is 21.3. The monoisotopic (exact) mass is 406 g/mol. The molecule has 0 bridgehead atoms. The van der Waals surface area contributed by atoms with Crippen LogP contribution in [0.4, 0.5) is 0 Å². The van der Waals surface area contributed by atoms with Crippen molar-refractivity contribution in [2.45, 2.75) is 17.7 Å². The minimum absolute atomic E-state index is 0.0554. The molecule has 3 rings (SSSR count). The molecule has 0 aliphatic carbocycles. The number of hydrogen-bond donors (Lipinski definition) is 2. The third kappa shape index (κ3) is 4.12. The molecule has 0 amide bonds. The van der Waals surface area contributed by atoms with Gasteiger partial charge in [-0.3, -0.25) is 10.3 Å². The van der Waals surface area contributed by atoms with E-state index >= 15 is 0 Å². The molecule has 0 aromatic heterocycles. The summed E-state index contributed by atoms with van der Waals surface area (Å²) in [5.41, 5.74) is 0.412. The zero-order chi connectivity index (χ0) is 21.6.